The molecule has 0 aliphatic heterocycles. The monoisotopic (exact) mass is 125 g/mol. The fraction of sp³-hybridized carbons (Fsp3) is 0.667. The average Bonchev–Trinajstić information content (AvgIpc) is 2.18. The molecule has 0 aliphatic carbocycles. The van der Waals surface area contributed by atoms with Crippen molar-refractivity contribution >= 4 is 0 Å². The van der Waals surface area contributed by atoms with Crippen LogP contribution in [0.3, 0.4) is 0 Å². The van der Waals surface area contributed by atoms with Crippen LogP contribution in [-0.2, 0) is 6.54 Å². The lowest BCUT2D eigenvalue weighted by atomic mass is 10.5. The second kappa shape index (κ2) is 2.62. The first-order valence-corrected chi connectivity index (χ1v) is 3.19. The van der Waals surface area contributed by atoms with Gasteiger partial charge in [-0.05, 0) is 13.3 Å². The molecule has 0 atom stereocenters. The Kier molecular flexibility index (Phi) is 1.82. The molecule has 1 aromatic heterocycles. The van der Waals surface area contributed by atoms with E-state index in [1.165, 1.54) is 0 Å². The maximum Gasteiger partial charge on any atom is 0.129 e. The van der Waals surface area contributed by atoms with Gasteiger partial charge in [-0.25, -0.2) is 0 Å². The lowest BCUT2D eigenvalue weighted by molar-refractivity contribution is 0.657. The molecule has 0 amide bonds. The Labute approximate surface area is 54.7 Å². The predicted octanol–water partition coefficient (Wildman–Crippen LogP) is 0.997. The van der Waals surface area contributed by atoms with E-state index in [4.69, 9.17) is 0 Å². The van der Waals surface area contributed by atoms with E-state index in [1.807, 2.05) is 11.5 Å². The molecular formula is C6H11N3. The molecule has 9 heavy (non-hydrogen) atoms. The van der Waals surface area contributed by atoms with Crippen LogP contribution in [0.5, 0.6) is 0 Å². The molecule has 0 radical (unpaired) electrons. The molecule has 1 heterocycles. The van der Waals surface area contributed by atoms with Gasteiger partial charge >= 0.3 is 0 Å². The van der Waals surface area contributed by atoms with E-state index in [1.54, 1.807) is 6.33 Å². The van der Waals surface area contributed by atoms with Crippen LogP contribution < -0.4 is 0 Å². The molecule has 0 fully saturated rings. The van der Waals surface area contributed by atoms with Crippen molar-refractivity contribution < 1.29 is 0 Å². The van der Waals surface area contributed by atoms with Gasteiger partial charge in [-0.1, -0.05) is 6.92 Å². The van der Waals surface area contributed by atoms with E-state index >= 15 is 0 Å². The molecule has 1 rings (SSSR count). The minimum Gasteiger partial charge on any atom is -0.318 e. The van der Waals surface area contributed by atoms with Gasteiger partial charge in [-0.3, -0.25) is 0 Å². The quantitative estimate of drug-likeness (QED) is 0.590. The molecule has 0 bridgehead atoms. The standard InChI is InChI=1S/C6H11N3/c1-3-4-9-5-7-8-6(9)2/h5H,3-4H2,1-2H3. The Morgan fingerprint density at radius 1 is 1.67 bits per heavy atom. The van der Waals surface area contributed by atoms with Gasteiger partial charge in [0.2, 0.25) is 0 Å². The molecule has 0 aromatic carbocycles. The molecular weight excluding hydrogens is 114 g/mol. The van der Waals surface area contributed by atoms with Gasteiger partial charge in [0.15, 0.2) is 0 Å². The van der Waals surface area contributed by atoms with Crippen molar-refractivity contribution in [3.05, 3.63) is 12.2 Å². The summed E-state index contributed by atoms with van der Waals surface area (Å²) in [6.45, 7) is 5.13. The molecule has 0 aliphatic rings. The first-order chi connectivity index (χ1) is 4.34. The summed E-state index contributed by atoms with van der Waals surface area (Å²) in [7, 11) is 0. The normalized spacial score (nSPS) is 10.0. The summed E-state index contributed by atoms with van der Waals surface area (Å²) in [6.07, 6.45) is 2.90. The summed E-state index contributed by atoms with van der Waals surface area (Å²) in [6, 6.07) is 0. The van der Waals surface area contributed by atoms with Crippen LogP contribution >= 0.6 is 0 Å². The summed E-state index contributed by atoms with van der Waals surface area (Å²) in [4.78, 5) is 0. The van der Waals surface area contributed by atoms with Crippen LogP contribution in [0.2, 0.25) is 0 Å². The highest BCUT2D eigenvalue weighted by molar-refractivity contribution is 4.78. The molecule has 0 N–H and O–H groups in total. The van der Waals surface area contributed by atoms with Gasteiger partial charge in [-0.2, -0.15) is 0 Å². The van der Waals surface area contributed by atoms with Crippen molar-refractivity contribution in [2.24, 2.45) is 0 Å². The summed E-state index contributed by atoms with van der Waals surface area (Å²) >= 11 is 0. The maximum absolute atomic E-state index is 3.85. The molecule has 0 saturated heterocycles. The van der Waals surface area contributed by atoms with E-state index in [-0.39, 0.29) is 0 Å². The van der Waals surface area contributed by atoms with Gasteiger partial charge in [-0.15, -0.1) is 10.2 Å². The first-order valence-electron chi connectivity index (χ1n) is 3.19. The van der Waals surface area contributed by atoms with Crippen molar-refractivity contribution in [1.82, 2.24) is 14.8 Å². The highest BCUT2D eigenvalue weighted by Gasteiger charge is 1.93. The largest absolute Gasteiger partial charge is 0.318 e. The minimum absolute atomic E-state index is 0.997. The molecule has 3 heteroatoms. The second-order valence-electron chi connectivity index (χ2n) is 2.07. The molecule has 50 valence electrons. The number of hydrogen-bond donors (Lipinski definition) is 0. The zero-order valence-corrected chi connectivity index (χ0v) is 5.83. The number of aryl methyl sites for hydroxylation is 2. The number of nitrogens with zero attached hydrogens (tertiary/aromatic N) is 3. The van der Waals surface area contributed by atoms with Gasteiger partial charge in [0.1, 0.15) is 12.2 Å². The van der Waals surface area contributed by atoms with Gasteiger partial charge < -0.3 is 4.57 Å². The lowest BCUT2D eigenvalue weighted by Gasteiger charge is -1.97. The number of rotatable bonds is 2. The number of aromatic nitrogens is 3. The lowest BCUT2D eigenvalue weighted by Crippen LogP contribution is -1.96. The van der Waals surface area contributed by atoms with E-state index in [0.717, 1.165) is 18.8 Å². The van der Waals surface area contributed by atoms with Crippen molar-refractivity contribution in [2.45, 2.75) is 26.8 Å². The van der Waals surface area contributed by atoms with Crippen LogP contribution in [-0.4, -0.2) is 14.8 Å². The third kappa shape index (κ3) is 1.28. The topological polar surface area (TPSA) is 30.7 Å². The van der Waals surface area contributed by atoms with Crippen molar-refractivity contribution in [1.29, 1.82) is 0 Å². The third-order valence-corrected chi connectivity index (χ3v) is 1.27. The van der Waals surface area contributed by atoms with E-state index in [9.17, 15) is 0 Å². The zero-order valence-electron chi connectivity index (χ0n) is 5.83. The van der Waals surface area contributed by atoms with Gasteiger partial charge in [0.25, 0.3) is 0 Å². The smallest absolute Gasteiger partial charge is 0.129 e. The van der Waals surface area contributed by atoms with Crippen molar-refractivity contribution in [3.8, 4) is 0 Å². The van der Waals surface area contributed by atoms with Gasteiger partial charge in [0, 0.05) is 6.54 Å². The van der Waals surface area contributed by atoms with Crippen molar-refractivity contribution in [2.75, 3.05) is 0 Å². The minimum atomic E-state index is 0.997. The van der Waals surface area contributed by atoms with Gasteiger partial charge in [0.05, 0.1) is 0 Å². The van der Waals surface area contributed by atoms with Crippen LogP contribution in [0.1, 0.15) is 19.2 Å². The molecule has 0 saturated carbocycles. The second-order valence-corrected chi connectivity index (χ2v) is 2.07. The summed E-state index contributed by atoms with van der Waals surface area (Å²) in [5, 5.41) is 7.60. The molecule has 1 aromatic rings. The first kappa shape index (κ1) is 6.26. The van der Waals surface area contributed by atoms with Crippen LogP contribution in [0.25, 0.3) is 0 Å². The highest BCUT2D eigenvalue weighted by atomic mass is 15.2. The highest BCUT2D eigenvalue weighted by Crippen LogP contribution is 1.92. The fourth-order valence-corrected chi connectivity index (χ4v) is 0.773. The SMILES string of the molecule is CCCn1cnnc1C. The predicted molar refractivity (Wildman–Crippen MR) is 35.0 cm³/mol. The third-order valence-electron chi connectivity index (χ3n) is 1.27. The Hall–Kier alpha value is -0.860. The maximum atomic E-state index is 3.85. The number of hydrogen-bond acceptors (Lipinski definition) is 2. The van der Waals surface area contributed by atoms with Crippen molar-refractivity contribution in [3.63, 3.8) is 0 Å². The van der Waals surface area contributed by atoms with Crippen LogP contribution in [0.4, 0.5) is 0 Å². The molecule has 0 spiro atoms. The van der Waals surface area contributed by atoms with E-state index in [2.05, 4.69) is 17.1 Å². The Morgan fingerprint density at radius 2 is 2.44 bits per heavy atom. The average molecular weight is 125 g/mol. The Bertz CT molecular complexity index is 180. The Morgan fingerprint density at radius 3 is 2.89 bits per heavy atom. The van der Waals surface area contributed by atoms with E-state index in [0.29, 0.717) is 0 Å². The van der Waals surface area contributed by atoms with Crippen LogP contribution in [0.15, 0.2) is 6.33 Å². The molecule has 0 unspecified atom stereocenters. The summed E-state index contributed by atoms with van der Waals surface area (Å²) in [5.41, 5.74) is 0. The van der Waals surface area contributed by atoms with E-state index < -0.39 is 0 Å². The summed E-state index contributed by atoms with van der Waals surface area (Å²) in [5.74, 6) is 0.997. The Balaban J connectivity index is 2.69. The molecule has 3 nitrogen and oxygen atoms in total. The fourth-order valence-electron chi connectivity index (χ4n) is 0.773. The van der Waals surface area contributed by atoms with Crippen LogP contribution in [0, 0.1) is 6.92 Å². The summed E-state index contributed by atoms with van der Waals surface area (Å²) < 4.78 is 2.04. The zero-order chi connectivity index (χ0) is 6.69.